The summed E-state index contributed by atoms with van der Waals surface area (Å²) in [7, 11) is 0. The Hall–Kier alpha value is -3.00. The molecular formula is C27H31F3N2O3. The van der Waals surface area contributed by atoms with Crippen molar-refractivity contribution in [3.05, 3.63) is 83.9 Å². The molecule has 0 aromatic heterocycles. The zero-order chi connectivity index (χ0) is 25.1. The number of hydrogen-bond acceptors (Lipinski definition) is 5. The zero-order valence-corrected chi connectivity index (χ0v) is 19.7. The molecule has 0 radical (unpaired) electrons. The number of halogens is 3. The average molecular weight is 489 g/mol. The molecule has 1 saturated carbocycles. The molecule has 0 saturated heterocycles. The predicted octanol–water partition coefficient (Wildman–Crippen LogP) is 5.02. The average Bonchev–Trinajstić information content (AvgIpc) is 3.18. The van der Waals surface area contributed by atoms with E-state index in [1.54, 1.807) is 42.5 Å². The summed E-state index contributed by atoms with van der Waals surface area (Å²) in [5.74, 6) is -5.03. The Labute approximate surface area is 203 Å². The Morgan fingerprint density at radius 2 is 1.80 bits per heavy atom. The molecular weight excluding hydrogens is 457 g/mol. The second-order valence-electron chi connectivity index (χ2n) is 9.38. The van der Waals surface area contributed by atoms with E-state index < -0.39 is 29.8 Å². The van der Waals surface area contributed by atoms with Crippen LogP contribution in [0.2, 0.25) is 0 Å². The molecule has 5 nitrogen and oxygen atoms in total. The fourth-order valence-electron chi connectivity index (χ4n) is 4.95. The largest absolute Gasteiger partial charge is 0.461 e. The third kappa shape index (κ3) is 5.64. The first kappa shape index (κ1) is 25.1. The maximum atomic E-state index is 14.2. The lowest BCUT2D eigenvalue weighted by molar-refractivity contribution is -0.182. The van der Waals surface area contributed by atoms with Gasteiger partial charge >= 0.3 is 5.97 Å². The van der Waals surface area contributed by atoms with Crippen molar-refractivity contribution < 1.29 is 27.8 Å². The van der Waals surface area contributed by atoms with Crippen molar-refractivity contribution in [3.8, 4) is 0 Å². The van der Waals surface area contributed by atoms with Gasteiger partial charge in [0, 0.05) is 37.7 Å². The van der Waals surface area contributed by atoms with Crippen LogP contribution >= 0.6 is 0 Å². The first-order valence-electron chi connectivity index (χ1n) is 12.0. The highest BCUT2D eigenvalue weighted by atomic mass is 19.3. The van der Waals surface area contributed by atoms with E-state index in [9.17, 15) is 23.1 Å². The molecule has 2 aromatic carbocycles. The number of ether oxygens (including phenoxy) is 1. The summed E-state index contributed by atoms with van der Waals surface area (Å²) < 4.78 is 47.0. The van der Waals surface area contributed by atoms with Crippen LogP contribution in [-0.4, -0.2) is 46.1 Å². The van der Waals surface area contributed by atoms with Gasteiger partial charge in [-0.15, -0.1) is 0 Å². The van der Waals surface area contributed by atoms with E-state index in [4.69, 9.17) is 4.74 Å². The van der Waals surface area contributed by atoms with E-state index in [1.807, 2.05) is 24.2 Å². The number of rotatable bonds is 8. The first-order valence-corrected chi connectivity index (χ1v) is 12.0. The minimum atomic E-state index is -2.92. The number of benzene rings is 2. The van der Waals surface area contributed by atoms with Gasteiger partial charge in [-0.05, 0) is 43.0 Å². The van der Waals surface area contributed by atoms with Crippen LogP contribution in [0.5, 0.6) is 0 Å². The number of carbonyl (C=O) groups is 1. The first-order chi connectivity index (χ1) is 16.7. The second kappa shape index (κ2) is 10.3. The maximum absolute atomic E-state index is 14.2. The van der Waals surface area contributed by atoms with Crippen molar-refractivity contribution in [2.24, 2.45) is 5.92 Å². The standard InChI is InChI=1S/C27H31F3N2O3/c1-20-31(14-15-32(20)19-21-9-11-24(28)12-10-21)16-17-35-25(33)27(34,22-6-3-2-4-7-22)23-8-5-13-26(29,30)18-23/h2-4,6-7,9-12,14-15,20,23,34H,5,8,13,16-19H2,1H3/t20?,23-,27-/m0/s1. The molecule has 2 aliphatic rings. The van der Waals surface area contributed by atoms with Gasteiger partial charge in [-0.3, -0.25) is 0 Å². The van der Waals surface area contributed by atoms with Gasteiger partial charge in [-0.1, -0.05) is 42.5 Å². The van der Waals surface area contributed by atoms with Crippen molar-refractivity contribution in [3.63, 3.8) is 0 Å². The fraction of sp³-hybridized carbons (Fsp3) is 0.444. The van der Waals surface area contributed by atoms with E-state index in [1.165, 1.54) is 12.1 Å². The van der Waals surface area contributed by atoms with Gasteiger partial charge in [0.1, 0.15) is 12.4 Å². The fourth-order valence-corrected chi connectivity index (χ4v) is 4.95. The van der Waals surface area contributed by atoms with E-state index in [-0.39, 0.29) is 37.0 Å². The quantitative estimate of drug-likeness (QED) is 0.529. The predicted molar refractivity (Wildman–Crippen MR) is 125 cm³/mol. The van der Waals surface area contributed by atoms with Crippen LogP contribution in [0.3, 0.4) is 0 Å². The van der Waals surface area contributed by atoms with Crippen LogP contribution in [0, 0.1) is 11.7 Å². The van der Waals surface area contributed by atoms with E-state index in [0.29, 0.717) is 19.5 Å². The molecule has 1 aliphatic carbocycles. The third-order valence-corrected chi connectivity index (χ3v) is 7.03. The number of esters is 1. The van der Waals surface area contributed by atoms with Crippen molar-refractivity contribution in [1.82, 2.24) is 9.80 Å². The lowest BCUT2D eigenvalue weighted by atomic mass is 9.72. The number of nitrogens with zero attached hydrogens (tertiary/aromatic N) is 2. The van der Waals surface area contributed by atoms with Gasteiger partial charge in [0.15, 0.2) is 5.60 Å². The smallest absolute Gasteiger partial charge is 0.343 e. The zero-order valence-electron chi connectivity index (χ0n) is 19.7. The number of aliphatic hydroxyl groups is 1. The van der Waals surface area contributed by atoms with E-state index >= 15 is 0 Å². The molecule has 3 atom stereocenters. The highest BCUT2D eigenvalue weighted by Gasteiger charge is 2.52. The number of alkyl halides is 2. The van der Waals surface area contributed by atoms with Crippen LogP contribution in [-0.2, 0) is 21.7 Å². The summed E-state index contributed by atoms with van der Waals surface area (Å²) in [6, 6.07) is 14.5. The van der Waals surface area contributed by atoms with Gasteiger partial charge < -0.3 is 19.6 Å². The van der Waals surface area contributed by atoms with Crippen molar-refractivity contribution in [2.45, 2.75) is 56.8 Å². The molecule has 0 bridgehead atoms. The summed E-state index contributed by atoms with van der Waals surface area (Å²) in [5, 5.41) is 11.5. The van der Waals surface area contributed by atoms with Crippen LogP contribution in [0.15, 0.2) is 67.0 Å². The third-order valence-electron chi connectivity index (χ3n) is 7.03. The summed E-state index contributed by atoms with van der Waals surface area (Å²) >= 11 is 0. The molecule has 4 rings (SSSR count). The minimum Gasteiger partial charge on any atom is -0.461 e. The van der Waals surface area contributed by atoms with Crippen LogP contribution in [0.4, 0.5) is 13.2 Å². The second-order valence-corrected chi connectivity index (χ2v) is 9.38. The molecule has 0 amide bonds. The topological polar surface area (TPSA) is 53.0 Å². The highest BCUT2D eigenvalue weighted by Crippen LogP contribution is 2.45. The van der Waals surface area contributed by atoms with Crippen molar-refractivity contribution in [1.29, 1.82) is 0 Å². The monoisotopic (exact) mass is 488 g/mol. The van der Waals surface area contributed by atoms with E-state index in [0.717, 1.165) is 5.56 Å². The molecule has 8 heteroatoms. The number of hydrogen-bond donors (Lipinski definition) is 1. The number of carbonyl (C=O) groups excluding carboxylic acids is 1. The van der Waals surface area contributed by atoms with Crippen LogP contribution in [0.25, 0.3) is 0 Å². The molecule has 1 heterocycles. The van der Waals surface area contributed by atoms with Crippen LogP contribution < -0.4 is 0 Å². The molecule has 188 valence electrons. The van der Waals surface area contributed by atoms with Crippen molar-refractivity contribution >= 4 is 5.97 Å². The van der Waals surface area contributed by atoms with E-state index in [2.05, 4.69) is 4.90 Å². The molecule has 1 N–H and O–H groups in total. The Morgan fingerprint density at radius 1 is 1.11 bits per heavy atom. The van der Waals surface area contributed by atoms with Gasteiger partial charge in [0.25, 0.3) is 0 Å². The summed E-state index contributed by atoms with van der Waals surface area (Å²) in [4.78, 5) is 17.2. The maximum Gasteiger partial charge on any atom is 0.343 e. The highest BCUT2D eigenvalue weighted by molar-refractivity contribution is 5.81. The minimum absolute atomic E-state index is 0.00381. The SMILES string of the molecule is CC1N(CCOC(=O)[C@](O)(c2ccccc2)[C@H]2CCCC(F)(F)C2)C=CN1Cc1ccc(F)cc1. The lowest BCUT2D eigenvalue weighted by Crippen LogP contribution is -2.48. The summed E-state index contributed by atoms with van der Waals surface area (Å²) in [6.07, 6.45) is 3.53. The lowest BCUT2D eigenvalue weighted by Gasteiger charge is -2.39. The Morgan fingerprint density at radius 3 is 2.49 bits per heavy atom. The molecule has 1 unspecified atom stereocenters. The van der Waals surface area contributed by atoms with Gasteiger partial charge in [0.2, 0.25) is 5.92 Å². The molecule has 0 spiro atoms. The summed E-state index contributed by atoms with van der Waals surface area (Å²) in [5.41, 5.74) is -0.896. The molecule has 1 fully saturated rings. The van der Waals surface area contributed by atoms with Gasteiger partial charge in [-0.2, -0.15) is 0 Å². The van der Waals surface area contributed by atoms with Gasteiger partial charge in [0.05, 0.1) is 12.7 Å². The van der Waals surface area contributed by atoms with Crippen LogP contribution in [0.1, 0.15) is 43.7 Å². The van der Waals surface area contributed by atoms with Gasteiger partial charge in [-0.25, -0.2) is 18.0 Å². The summed E-state index contributed by atoms with van der Waals surface area (Å²) in [6.45, 7) is 2.96. The molecule has 35 heavy (non-hydrogen) atoms. The Kier molecular flexibility index (Phi) is 7.40. The normalized spacial score (nSPS) is 23.2. The Balaban J connectivity index is 1.37. The van der Waals surface area contributed by atoms with Crippen molar-refractivity contribution in [2.75, 3.05) is 13.2 Å². The molecule has 2 aromatic rings. The molecule has 1 aliphatic heterocycles. The Bertz CT molecular complexity index is 1030.